The van der Waals surface area contributed by atoms with Gasteiger partial charge in [-0.1, -0.05) is 11.6 Å². The van der Waals surface area contributed by atoms with Crippen molar-refractivity contribution in [3.05, 3.63) is 58.0 Å². The molecule has 3 aromatic rings. The third-order valence-corrected chi connectivity index (χ3v) is 5.65. The summed E-state index contributed by atoms with van der Waals surface area (Å²) in [6.07, 6.45) is 4.32. The van der Waals surface area contributed by atoms with Crippen molar-refractivity contribution >= 4 is 28.8 Å². The van der Waals surface area contributed by atoms with Gasteiger partial charge >= 0.3 is 0 Å². The molecule has 27 heavy (non-hydrogen) atoms. The summed E-state index contributed by atoms with van der Waals surface area (Å²) in [5.41, 5.74) is 5.93. The predicted molar refractivity (Wildman–Crippen MR) is 107 cm³/mol. The van der Waals surface area contributed by atoms with E-state index in [0.29, 0.717) is 22.9 Å². The number of hydrogen-bond donors (Lipinski definition) is 1. The maximum absolute atomic E-state index is 12.9. The van der Waals surface area contributed by atoms with Crippen molar-refractivity contribution in [1.82, 2.24) is 9.38 Å². The number of halogens is 1. The molecule has 0 spiro atoms. The minimum atomic E-state index is -0.0978. The maximum Gasteiger partial charge on any atom is 0.227 e. The summed E-state index contributed by atoms with van der Waals surface area (Å²) in [7, 11) is 1.57. The summed E-state index contributed by atoms with van der Waals surface area (Å²) in [5, 5.41) is 3.65. The summed E-state index contributed by atoms with van der Waals surface area (Å²) >= 11 is 6.16. The van der Waals surface area contributed by atoms with Crippen molar-refractivity contribution in [2.45, 2.75) is 33.1 Å². The Hall–Kier alpha value is -2.53. The molecule has 1 amide bonds. The van der Waals surface area contributed by atoms with Crippen molar-refractivity contribution in [2.24, 2.45) is 5.92 Å². The number of hydrogen-bond acceptors (Lipinski definition) is 3. The van der Waals surface area contributed by atoms with Gasteiger partial charge in [-0.3, -0.25) is 4.79 Å². The van der Waals surface area contributed by atoms with Crippen molar-refractivity contribution in [1.29, 1.82) is 0 Å². The number of benzene rings is 1. The topological polar surface area (TPSA) is 55.6 Å². The van der Waals surface area contributed by atoms with Crippen LogP contribution in [0.3, 0.4) is 0 Å². The number of nitrogens with one attached hydrogen (secondary N) is 1. The highest BCUT2D eigenvalue weighted by Gasteiger charge is 2.28. The number of methoxy groups -OCH3 is 1. The number of nitrogens with zero attached hydrogens (tertiary/aromatic N) is 2. The number of ether oxygens (including phenoxy) is 1. The van der Waals surface area contributed by atoms with Crippen LogP contribution in [0.5, 0.6) is 5.75 Å². The summed E-state index contributed by atoms with van der Waals surface area (Å²) < 4.78 is 7.47. The predicted octanol–water partition coefficient (Wildman–Crippen LogP) is 4.36. The molecular formula is C21H22ClN3O2. The van der Waals surface area contributed by atoms with E-state index < -0.39 is 0 Å². The number of amides is 1. The highest BCUT2D eigenvalue weighted by Crippen LogP contribution is 2.33. The lowest BCUT2D eigenvalue weighted by atomic mass is 9.89. The lowest BCUT2D eigenvalue weighted by molar-refractivity contribution is -0.120. The number of aromatic nitrogens is 2. The minimum absolute atomic E-state index is 0.00253. The van der Waals surface area contributed by atoms with Gasteiger partial charge in [-0.25, -0.2) is 4.98 Å². The van der Waals surface area contributed by atoms with Gasteiger partial charge in [0.25, 0.3) is 0 Å². The lowest BCUT2D eigenvalue weighted by Gasteiger charge is -2.22. The molecule has 1 aliphatic rings. The Morgan fingerprint density at radius 3 is 2.93 bits per heavy atom. The maximum atomic E-state index is 12.9. The first kappa shape index (κ1) is 17.9. The summed E-state index contributed by atoms with van der Waals surface area (Å²) in [5.74, 6) is 0.475. The van der Waals surface area contributed by atoms with E-state index in [2.05, 4.69) is 28.8 Å². The molecule has 4 rings (SSSR count). The van der Waals surface area contributed by atoms with E-state index >= 15 is 0 Å². The van der Waals surface area contributed by atoms with E-state index in [4.69, 9.17) is 21.3 Å². The van der Waals surface area contributed by atoms with Crippen molar-refractivity contribution in [2.75, 3.05) is 12.4 Å². The van der Waals surface area contributed by atoms with Crippen molar-refractivity contribution in [3.63, 3.8) is 0 Å². The molecular weight excluding hydrogens is 362 g/mol. The SMILES string of the molecule is COc1cc(Cl)c(C)cc1NC(=O)C1CCc2nc3cc(C)ccn3c2C1. The van der Waals surface area contributed by atoms with Crippen LogP contribution in [-0.2, 0) is 17.6 Å². The Kier molecular flexibility index (Phi) is 4.56. The highest BCUT2D eigenvalue weighted by molar-refractivity contribution is 6.31. The van der Waals surface area contributed by atoms with Crippen molar-refractivity contribution < 1.29 is 9.53 Å². The largest absolute Gasteiger partial charge is 0.495 e. The second-order valence-electron chi connectivity index (χ2n) is 7.17. The second kappa shape index (κ2) is 6.89. The summed E-state index contributed by atoms with van der Waals surface area (Å²) in [4.78, 5) is 17.7. The molecule has 1 aliphatic carbocycles. The second-order valence-corrected chi connectivity index (χ2v) is 7.58. The van der Waals surface area contributed by atoms with Gasteiger partial charge in [-0.15, -0.1) is 0 Å². The van der Waals surface area contributed by atoms with Gasteiger partial charge in [0.1, 0.15) is 11.4 Å². The standard InChI is InChI=1S/C21H22ClN3O2/c1-12-6-7-25-18-10-14(4-5-16(18)23-20(25)8-12)21(26)24-17-9-13(2)15(22)11-19(17)27-3/h6-9,11,14H,4-5,10H2,1-3H3,(H,24,26). The fourth-order valence-electron chi connectivity index (χ4n) is 3.70. The van der Waals surface area contributed by atoms with Gasteiger partial charge in [-0.05, 0) is 56.0 Å². The number of rotatable bonds is 3. The summed E-state index contributed by atoms with van der Waals surface area (Å²) in [6, 6.07) is 7.73. The molecule has 0 saturated carbocycles. The number of carbonyl (C=O) groups is 1. The zero-order valence-electron chi connectivity index (χ0n) is 15.7. The number of fused-ring (bicyclic) bond motifs is 3. The molecule has 2 heterocycles. The number of anilines is 1. The number of imidazole rings is 1. The van der Waals surface area contributed by atoms with Gasteiger partial charge in [0, 0.05) is 35.3 Å². The Labute approximate surface area is 163 Å². The van der Waals surface area contributed by atoms with Gasteiger partial charge in [0.05, 0.1) is 18.5 Å². The van der Waals surface area contributed by atoms with E-state index in [1.807, 2.05) is 19.2 Å². The number of carbonyl (C=O) groups excluding carboxylic acids is 1. The third-order valence-electron chi connectivity index (χ3n) is 5.24. The van der Waals surface area contributed by atoms with E-state index in [0.717, 1.165) is 35.4 Å². The minimum Gasteiger partial charge on any atom is -0.495 e. The first-order valence-corrected chi connectivity index (χ1v) is 9.45. The average Bonchev–Trinajstić information content (AvgIpc) is 3.00. The Bertz CT molecular complexity index is 1040. The van der Waals surface area contributed by atoms with Gasteiger partial charge < -0.3 is 14.5 Å². The average molecular weight is 384 g/mol. The van der Waals surface area contributed by atoms with Crippen LogP contribution in [0, 0.1) is 19.8 Å². The van der Waals surface area contributed by atoms with E-state index in [1.54, 1.807) is 13.2 Å². The molecule has 1 unspecified atom stereocenters. The lowest BCUT2D eigenvalue weighted by Crippen LogP contribution is -2.28. The Balaban J connectivity index is 1.58. The number of pyridine rings is 1. The molecule has 0 bridgehead atoms. The number of aryl methyl sites for hydroxylation is 3. The van der Waals surface area contributed by atoms with Crippen LogP contribution in [0.4, 0.5) is 5.69 Å². The fourth-order valence-corrected chi connectivity index (χ4v) is 3.85. The monoisotopic (exact) mass is 383 g/mol. The van der Waals surface area contributed by atoms with Crippen LogP contribution in [-0.4, -0.2) is 22.4 Å². The van der Waals surface area contributed by atoms with Crippen LogP contribution in [0.2, 0.25) is 5.02 Å². The molecule has 1 aromatic carbocycles. The zero-order valence-corrected chi connectivity index (χ0v) is 16.4. The first-order valence-electron chi connectivity index (χ1n) is 9.07. The van der Waals surface area contributed by atoms with Crippen molar-refractivity contribution in [3.8, 4) is 5.75 Å². The van der Waals surface area contributed by atoms with Crippen LogP contribution >= 0.6 is 11.6 Å². The molecule has 0 radical (unpaired) electrons. The Morgan fingerprint density at radius 2 is 2.15 bits per heavy atom. The molecule has 0 aliphatic heterocycles. The molecule has 0 saturated heterocycles. The zero-order chi connectivity index (χ0) is 19.1. The van der Waals surface area contributed by atoms with Gasteiger partial charge in [0.2, 0.25) is 5.91 Å². The third kappa shape index (κ3) is 3.28. The van der Waals surface area contributed by atoms with Crippen LogP contribution in [0.15, 0.2) is 30.5 Å². The van der Waals surface area contributed by atoms with Crippen LogP contribution < -0.4 is 10.1 Å². The van der Waals surface area contributed by atoms with Crippen LogP contribution in [0.1, 0.15) is 28.9 Å². The molecule has 1 atom stereocenters. The molecule has 0 fully saturated rings. The van der Waals surface area contributed by atoms with E-state index in [9.17, 15) is 4.79 Å². The Morgan fingerprint density at radius 1 is 1.33 bits per heavy atom. The fraction of sp³-hybridized carbons (Fsp3) is 0.333. The van der Waals surface area contributed by atoms with Gasteiger partial charge in [-0.2, -0.15) is 0 Å². The molecule has 5 nitrogen and oxygen atoms in total. The van der Waals surface area contributed by atoms with Gasteiger partial charge in [0.15, 0.2) is 0 Å². The van der Waals surface area contributed by atoms with E-state index in [1.165, 1.54) is 5.56 Å². The summed E-state index contributed by atoms with van der Waals surface area (Å²) in [6.45, 7) is 3.97. The molecule has 140 valence electrons. The highest BCUT2D eigenvalue weighted by atomic mass is 35.5. The molecule has 6 heteroatoms. The normalized spacial score (nSPS) is 16.2. The van der Waals surface area contributed by atoms with E-state index in [-0.39, 0.29) is 11.8 Å². The smallest absolute Gasteiger partial charge is 0.227 e. The van der Waals surface area contributed by atoms with Crippen LogP contribution in [0.25, 0.3) is 5.65 Å². The molecule has 2 aromatic heterocycles. The quantitative estimate of drug-likeness (QED) is 0.731. The first-order chi connectivity index (χ1) is 13.0. The molecule has 1 N–H and O–H groups in total.